The van der Waals surface area contributed by atoms with E-state index in [1.54, 1.807) is 32.0 Å². The van der Waals surface area contributed by atoms with Gasteiger partial charge in [0.25, 0.3) is 0 Å². The topological polar surface area (TPSA) is 72.2 Å². The third kappa shape index (κ3) is 6.47. The fraction of sp³-hybridized carbons (Fsp3) is 0.333. The van der Waals surface area contributed by atoms with Gasteiger partial charge in [0.2, 0.25) is 11.8 Å². The van der Waals surface area contributed by atoms with Gasteiger partial charge in [-0.15, -0.1) is 0 Å². The van der Waals surface area contributed by atoms with E-state index in [9.17, 15) is 35.9 Å². The molecule has 0 aliphatic carbocycles. The number of hydrogen-bond donors (Lipinski definition) is 2. The Labute approximate surface area is 174 Å². The Bertz CT molecular complexity index is 930. The zero-order chi connectivity index (χ0) is 23.6. The number of primary amides is 1. The van der Waals surface area contributed by atoms with Gasteiger partial charge in [0, 0.05) is 6.42 Å². The van der Waals surface area contributed by atoms with Crippen molar-refractivity contribution in [3.8, 4) is 0 Å². The van der Waals surface area contributed by atoms with E-state index in [1.807, 2.05) is 0 Å². The van der Waals surface area contributed by atoms with Gasteiger partial charge in [-0.05, 0) is 54.3 Å². The highest BCUT2D eigenvalue weighted by molar-refractivity contribution is 5.87. The molecule has 0 bridgehead atoms. The molecule has 2 amide bonds. The first-order valence-corrected chi connectivity index (χ1v) is 9.10. The molecule has 2 aromatic carbocycles. The minimum Gasteiger partial charge on any atom is -0.368 e. The van der Waals surface area contributed by atoms with E-state index < -0.39 is 53.3 Å². The number of aryl methyl sites for hydroxylation is 2. The Morgan fingerprint density at radius 2 is 1.42 bits per heavy atom. The van der Waals surface area contributed by atoms with Gasteiger partial charge in [-0.2, -0.15) is 26.3 Å². The number of halogens is 6. The third-order valence-electron chi connectivity index (χ3n) is 4.74. The minimum absolute atomic E-state index is 0.0193. The molecule has 10 heteroatoms. The lowest BCUT2D eigenvalue weighted by Crippen LogP contribution is -2.46. The summed E-state index contributed by atoms with van der Waals surface area (Å²) in [5.41, 5.74) is 4.24. The van der Waals surface area contributed by atoms with Crippen molar-refractivity contribution in [1.82, 2.24) is 5.32 Å². The Balaban J connectivity index is 2.26. The molecule has 0 unspecified atom stereocenters. The number of amides is 2. The van der Waals surface area contributed by atoms with Crippen LogP contribution in [0.25, 0.3) is 0 Å². The quantitative estimate of drug-likeness (QED) is 0.656. The highest BCUT2D eigenvalue weighted by atomic mass is 19.4. The lowest BCUT2D eigenvalue weighted by molar-refractivity contribution is -0.143. The van der Waals surface area contributed by atoms with Gasteiger partial charge in [-0.3, -0.25) is 9.59 Å². The molecule has 0 radical (unpaired) electrons. The minimum atomic E-state index is -5.02. The Morgan fingerprint density at radius 1 is 0.935 bits per heavy atom. The average Bonchev–Trinajstić information content (AvgIpc) is 2.62. The van der Waals surface area contributed by atoms with Crippen molar-refractivity contribution in [2.75, 3.05) is 0 Å². The summed E-state index contributed by atoms with van der Waals surface area (Å²) in [7, 11) is 0. The summed E-state index contributed by atoms with van der Waals surface area (Å²) in [6, 6.07) is 5.14. The maximum absolute atomic E-state index is 13.0. The molecule has 0 aromatic heterocycles. The molecular weight excluding hydrogens is 426 g/mol. The summed E-state index contributed by atoms with van der Waals surface area (Å²) in [6.45, 7) is 3.59. The molecule has 168 valence electrons. The fourth-order valence-corrected chi connectivity index (χ4v) is 3.15. The van der Waals surface area contributed by atoms with Gasteiger partial charge < -0.3 is 11.1 Å². The summed E-state index contributed by atoms with van der Waals surface area (Å²) in [5.74, 6) is -1.81. The monoisotopic (exact) mass is 446 g/mol. The van der Waals surface area contributed by atoms with Crippen LogP contribution in [0.2, 0.25) is 0 Å². The fourth-order valence-electron chi connectivity index (χ4n) is 3.15. The predicted octanol–water partition coefficient (Wildman–Crippen LogP) is 4.10. The first kappa shape index (κ1) is 24.2. The number of nitrogens with one attached hydrogen (secondary N) is 1. The van der Waals surface area contributed by atoms with E-state index in [2.05, 4.69) is 5.32 Å². The number of rotatable bonds is 6. The van der Waals surface area contributed by atoms with Crippen molar-refractivity contribution < 1.29 is 35.9 Å². The highest BCUT2D eigenvalue weighted by Crippen LogP contribution is 2.36. The average molecular weight is 446 g/mol. The maximum Gasteiger partial charge on any atom is 0.416 e. The van der Waals surface area contributed by atoms with Gasteiger partial charge in [-0.25, -0.2) is 0 Å². The molecule has 0 fully saturated rings. The van der Waals surface area contributed by atoms with Gasteiger partial charge in [-0.1, -0.05) is 18.2 Å². The van der Waals surface area contributed by atoms with Crippen LogP contribution in [-0.4, -0.2) is 17.9 Å². The lowest BCUT2D eigenvalue weighted by atomic mass is 9.96. The normalized spacial score (nSPS) is 13.0. The molecule has 2 aromatic rings. The van der Waals surface area contributed by atoms with Crippen LogP contribution in [0.3, 0.4) is 0 Å². The molecular formula is C21H20F6N2O2. The second kappa shape index (κ2) is 8.99. The smallest absolute Gasteiger partial charge is 0.368 e. The van der Waals surface area contributed by atoms with Crippen LogP contribution in [0, 0.1) is 13.8 Å². The zero-order valence-electron chi connectivity index (χ0n) is 16.6. The maximum atomic E-state index is 13.0. The lowest BCUT2D eigenvalue weighted by Gasteiger charge is -2.19. The predicted molar refractivity (Wildman–Crippen MR) is 101 cm³/mol. The molecule has 0 spiro atoms. The van der Waals surface area contributed by atoms with E-state index >= 15 is 0 Å². The van der Waals surface area contributed by atoms with Crippen LogP contribution < -0.4 is 11.1 Å². The number of alkyl halides is 6. The molecule has 2 rings (SSSR count). The molecule has 31 heavy (non-hydrogen) atoms. The molecule has 0 saturated carbocycles. The van der Waals surface area contributed by atoms with Crippen molar-refractivity contribution in [2.45, 2.75) is 45.1 Å². The van der Waals surface area contributed by atoms with Crippen molar-refractivity contribution >= 4 is 11.8 Å². The zero-order valence-corrected chi connectivity index (χ0v) is 16.6. The van der Waals surface area contributed by atoms with E-state index in [-0.39, 0.29) is 12.5 Å². The standard InChI is InChI=1S/C21H20F6N2O2/c1-11-4-3-5-12(2)16(11)10-17(19(28)31)29-18(30)8-13-6-14(20(22,23)24)9-15(7-13)21(25,26)27/h3-7,9,17H,8,10H2,1-2H3,(H2,28,31)(H,29,30)/t17-/m0/s1. The molecule has 4 nitrogen and oxygen atoms in total. The van der Waals surface area contributed by atoms with E-state index in [1.165, 1.54) is 0 Å². The number of carbonyl (C=O) groups is 2. The van der Waals surface area contributed by atoms with E-state index in [0.29, 0.717) is 12.1 Å². The Morgan fingerprint density at radius 3 is 1.84 bits per heavy atom. The van der Waals surface area contributed by atoms with Crippen LogP contribution in [-0.2, 0) is 34.8 Å². The Kier molecular flexibility index (Phi) is 7.03. The molecule has 0 saturated heterocycles. The summed E-state index contributed by atoms with van der Waals surface area (Å²) >= 11 is 0. The molecule has 0 aliphatic rings. The van der Waals surface area contributed by atoms with Crippen LogP contribution >= 0.6 is 0 Å². The largest absolute Gasteiger partial charge is 0.416 e. The number of hydrogen-bond acceptors (Lipinski definition) is 2. The second-order valence-corrected chi connectivity index (χ2v) is 7.19. The SMILES string of the molecule is Cc1cccc(C)c1C[C@H](NC(=O)Cc1cc(C(F)(F)F)cc(C(F)(F)F)c1)C(N)=O. The van der Waals surface area contributed by atoms with E-state index in [0.717, 1.165) is 16.7 Å². The number of nitrogens with two attached hydrogens (primary N) is 1. The number of carbonyl (C=O) groups excluding carboxylic acids is 2. The Hall–Kier alpha value is -3.04. The van der Waals surface area contributed by atoms with Gasteiger partial charge in [0.15, 0.2) is 0 Å². The first-order chi connectivity index (χ1) is 14.2. The van der Waals surface area contributed by atoms with Gasteiger partial charge in [0.1, 0.15) is 6.04 Å². The number of benzene rings is 2. The van der Waals surface area contributed by atoms with E-state index in [4.69, 9.17) is 5.73 Å². The van der Waals surface area contributed by atoms with Gasteiger partial charge >= 0.3 is 12.4 Å². The summed E-state index contributed by atoms with van der Waals surface area (Å²) < 4.78 is 77.9. The van der Waals surface area contributed by atoms with Crippen LogP contribution in [0.4, 0.5) is 26.3 Å². The van der Waals surface area contributed by atoms with Crippen LogP contribution in [0.5, 0.6) is 0 Å². The molecule has 3 N–H and O–H groups in total. The van der Waals surface area contributed by atoms with Crippen LogP contribution in [0.15, 0.2) is 36.4 Å². The van der Waals surface area contributed by atoms with Crippen LogP contribution in [0.1, 0.15) is 33.4 Å². The van der Waals surface area contributed by atoms with Gasteiger partial charge in [0.05, 0.1) is 17.5 Å². The third-order valence-corrected chi connectivity index (χ3v) is 4.74. The van der Waals surface area contributed by atoms with Crippen molar-refractivity contribution in [3.05, 3.63) is 69.8 Å². The summed E-state index contributed by atoms with van der Waals surface area (Å²) in [6.07, 6.45) is -10.8. The molecule has 0 aliphatic heterocycles. The second-order valence-electron chi connectivity index (χ2n) is 7.19. The summed E-state index contributed by atoms with van der Waals surface area (Å²) in [4.78, 5) is 24.1. The van der Waals surface area contributed by atoms with Crippen molar-refractivity contribution in [1.29, 1.82) is 0 Å². The molecule has 0 heterocycles. The van der Waals surface area contributed by atoms with Crippen molar-refractivity contribution in [2.24, 2.45) is 5.73 Å². The van der Waals surface area contributed by atoms with Crippen molar-refractivity contribution in [3.63, 3.8) is 0 Å². The first-order valence-electron chi connectivity index (χ1n) is 9.10. The summed E-state index contributed by atoms with van der Waals surface area (Å²) in [5, 5.41) is 2.31. The molecule has 1 atom stereocenters. The highest BCUT2D eigenvalue weighted by Gasteiger charge is 2.37.